The van der Waals surface area contributed by atoms with Gasteiger partial charge in [-0.15, -0.1) is 0 Å². The van der Waals surface area contributed by atoms with Crippen LogP contribution in [0, 0.1) is 0 Å². The maximum atomic E-state index is 11.4. The van der Waals surface area contributed by atoms with Crippen molar-refractivity contribution < 1.29 is 4.42 Å². The highest BCUT2D eigenvalue weighted by molar-refractivity contribution is 9.10. The molecule has 2 heterocycles. The normalized spacial score (nSPS) is 12.5. The van der Waals surface area contributed by atoms with Crippen LogP contribution in [0.5, 0.6) is 0 Å². The van der Waals surface area contributed by atoms with Crippen molar-refractivity contribution in [2.75, 3.05) is 5.32 Å². The first-order valence-electron chi connectivity index (χ1n) is 6.65. The van der Waals surface area contributed by atoms with Crippen molar-refractivity contribution in [1.29, 1.82) is 0 Å². The summed E-state index contributed by atoms with van der Waals surface area (Å²) in [5, 5.41) is 4.40. The number of pyridine rings is 1. The molecule has 3 rings (SSSR count). The second-order valence-corrected chi connectivity index (χ2v) is 5.98. The summed E-state index contributed by atoms with van der Waals surface area (Å²) < 4.78 is 8.43. The topological polar surface area (TPSA) is 47.2 Å². The van der Waals surface area contributed by atoms with Gasteiger partial charge in [0.25, 0.3) is 0 Å². The molecule has 1 N–H and O–H groups in total. The number of rotatable bonds is 3. The van der Waals surface area contributed by atoms with E-state index in [0.29, 0.717) is 0 Å². The van der Waals surface area contributed by atoms with Crippen LogP contribution < -0.4 is 10.9 Å². The smallest absolute Gasteiger partial charge is 0.250 e. The fraction of sp³-hybridized carbons (Fsp3) is 0.188. The van der Waals surface area contributed by atoms with E-state index in [1.165, 1.54) is 0 Å². The average molecular weight is 347 g/mol. The Hall–Kier alpha value is -2.01. The van der Waals surface area contributed by atoms with Gasteiger partial charge in [0.2, 0.25) is 5.56 Å². The average Bonchev–Trinajstić information content (AvgIpc) is 2.86. The number of halogens is 1. The van der Waals surface area contributed by atoms with Gasteiger partial charge < -0.3 is 14.3 Å². The Morgan fingerprint density at radius 2 is 2.05 bits per heavy atom. The predicted octanol–water partition coefficient (Wildman–Crippen LogP) is 4.07. The molecule has 0 radical (unpaired) electrons. The number of fused-ring (bicyclic) bond motifs is 1. The van der Waals surface area contributed by atoms with E-state index in [1.807, 2.05) is 31.2 Å². The molecule has 0 aliphatic heterocycles. The fourth-order valence-corrected chi connectivity index (χ4v) is 2.63. The highest BCUT2D eigenvalue weighted by Gasteiger charge is 2.12. The third kappa shape index (κ3) is 2.88. The Balaban J connectivity index is 1.87. The quantitative estimate of drug-likeness (QED) is 0.777. The number of furan rings is 1. The largest absolute Gasteiger partial charge is 0.459 e. The van der Waals surface area contributed by atoms with Gasteiger partial charge in [0.05, 0.1) is 11.7 Å². The van der Waals surface area contributed by atoms with Crippen LogP contribution in [0.2, 0.25) is 0 Å². The fourth-order valence-electron chi connectivity index (χ4n) is 2.25. The summed E-state index contributed by atoms with van der Waals surface area (Å²) in [5.41, 5.74) is 1.72. The van der Waals surface area contributed by atoms with Crippen LogP contribution in [0.25, 0.3) is 11.0 Å². The third-order valence-corrected chi connectivity index (χ3v) is 3.89. The number of hydrogen-bond donors (Lipinski definition) is 1. The standard InChI is InChI=1S/C16H15BrN2O2/c1-10(18-13-4-6-16(20)19(2)9-13)15-8-11-7-12(17)3-5-14(11)21-15/h3-10,18H,1-2H3. The lowest BCUT2D eigenvalue weighted by molar-refractivity contribution is 0.526. The molecule has 1 atom stereocenters. The summed E-state index contributed by atoms with van der Waals surface area (Å²) >= 11 is 3.46. The minimum atomic E-state index is -0.0261. The van der Waals surface area contributed by atoms with Crippen molar-refractivity contribution in [3.05, 3.63) is 63.2 Å². The van der Waals surface area contributed by atoms with Gasteiger partial charge in [0, 0.05) is 29.2 Å². The van der Waals surface area contributed by atoms with Crippen LogP contribution in [0.3, 0.4) is 0 Å². The molecule has 5 heteroatoms. The lowest BCUT2D eigenvalue weighted by Crippen LogP contribution is -2.16. The molecule has 0 amide bonds. The third-order valence-electron chi connectivity index (χ3n) is 3.39. The minimum absolute atomic E-state index is 0.00803. The second kappa shape index (κ2) is 5.41. The molecule has 0 spiro atoms. The van der Waals surface area contributed by atoms with Gasteiger partial charge >= 0.3 is 0 Å². The Morgan fingerprint density at radius 1 is 1.24 bits per heavy atom. The molecule has 0 saturated carbocycles. The Kier molecular flexibility index (Phi) is 3.59. The van der Waals surface area contributed by atoms with Gasteiger partial charge in [-0.3, -0.25) is 4.79 Å². The van der Waals surface area contributed by atoms with Crippen LogP contribution in [0.15, 0.2) is 56.3 Å². The zero-order valence-corrected chi connectivity index (χ0v) is 13.3. The Morgan fingerprint density at radius 3 is 2.81 bits per heavy atom. The maximum absolute atomic E-state index is 11.4. The Labute approximate surface area is 130 Å². The van der Waals surface area contributed by atoms with E-state index >= 15 is 0 Å². The van der Waals surface area contributed by atoms with Crippen molar-refractivity contribution in [3.63, 3.8) is 0 Å². The number of aryl methyl sites for hydroxylation is 1. The van der Waals surface area contributed by atoms with E-state index in [2.05, 4.69) is 21.2 Å². The summed E-state index contributed by atoms with van der Waals surface area (Å²) in [6.45, 7) is 2.03. The molecule has 0 saturated heterocycles. The first-order valence-corrected chi connectivity index (χ1v) is 7.44. The van der Waals surface area contributed by atoms with Crippen molar-refractivity contribution in [2.24, 2.45) is 7.05 Å². The van der Waals surface area contributed by atoms with Crippen LogP contribution in [0.1, 0.15) is 18.7 Å². The summed E-state index contributed by atoms with van der Waals surface area (Å²) in [6.07, 6.45) is 1.78. The summed E-state index contributed by atoms with van der Waals surface area (Å²) in [6, 6.07) is 11.3. The first kappa shape index (κ1) is 13.9. The predicted molar refractivity (Wildman–Crippen MR) is 87.6 cm³/mol. The number of benzene rings is 1. The number of nitrogens with one attached hydrogen (secondary N) is 1. The second-order valence-electron chi connectivity index (χ2n) is 5.06. The molecule has 108 valence electrons. The van der Waals surface area contributed by atoms with Gasteiger partial charge in [0.1, 0.15) is 11.3 Å². The zero-order chi connectivity index (χ0) is 15.0. The molecule has 21 heavy (non-hydrogen) atoms. The molecule has 0 bridgehead atoms. The van der Waals surface area contributed by atoms with Crippen molar-refractivity contribution in [2.45, 2.75) is 13.0 Å². The number of aromatic nitrogens is 1. The molecule has 0 aliphatic rings. The monoisotopic (exact) mass is 346 g/mol. The van der Waals surface area contributed by atoms with E-state index in [0.717, 1.165) is 26.9 Å². The van der Waals surface area contributed by atoms with Gasteiger partial charge in [0.15, 0.2) is 0 Å². The summed E-state index contributed by atoms with van der Waals surface area (Å²) in [5.74, 6) is 0.858. The molecule has 0 aliphatic carbocycles. The van der Waals surface area contributed by atoms with Gasteiger partial charge in [-0.2, -0.15) is 0 Å². The SMILES string of the molecule is CC(Nc1ccc(=O)n(C)c1)c1cc2cc(Br)ccc2o1. The summed E-state index contributed by atoms with van der Waals surface area (Å²) in [4.78, 5) is 11.4. The molecule has 2 aromatic heterocycles. The zero-order valence-electron chi connectivity index (χ0n) is 11.8. The number of hydrogen-bond acceptors (Lipinski definition) is 3. The van der Waals surface area contributed by atoms with Crippen LogP contribution >= 0.6 is 15.9 Å². The van der Waals surface area contributed by atoms with Gasteiger partial charge in [-0.05, 0) is 37.3 Å². The van der Waals surface area contributed by atoms with Crippen LogP contribution in [-0.4, -0.2) is 4.57 Å². The molecule has 4 nitrogen and oxygen atoms in total. The van der Waals surface area contributed by atoms with E-state index in [-0.39, 0.29) is 11.6 Å². The van der Waals surface area contributed by atoms with E-state index in [1.54, 1.807) is 29.9 Å². The lowest BCUT2D eigenvalue weighted by Gasteiger charge is -2.13. The van der Waals surface area contributed by atoms with E-state index in [9.17, 15) is 4.79 Å². The number of nitrogens with zero attached hydrogens (tertiary/aromatic N) is 1. The first-order chi connectivity index (χ1) is 10.0. The maximum Gasteiger partial charge on any atom is 0.250 e. The summed E-state index contributed by atoms with van der Waals surface area (Å²) in [7, 11) is 1.73. The molecule has 0 fully saturated rings. The minimum Gasteiger partial charge on any atom is -0.459 e. The van der Waals surface area contributed by atoms with Gasteiger partial charge in [-0.25, -0.2) is 0 Å². The van der Waals surface area contributed by atoms with Crippen molar-refractivity contribution in [1.82, 2.24) is 4.57 Å². The molecular weight excluding hydrogens is 332 g/mol. The van der Waals surface area contributed by atoms with Gasteiger partial charge in [-0.1, -0.05) is 15.9 Å². The van der Waals surface area contributed by atoms with E-state index < -0.39 is 0 Å². The Bertz CT molecular complexity index is 851. The van der Waals surface area contributed by atoms with Crippen LogP contribution in [0.4, 0.5) is 5.69 Å². The van der Waals surface area contributed by atoms with Crippen molar-refractivity contribution >= 4 is 32.6 Å². The lowest BCUT2D eigenvalue weighted by atomic mass is 10.2. The highest BCUT2D eigenvalue weighted by atomic mass is 79.9. The van der Waals surface area contributed by atoms with Crippen molar-refractivity contribution in [3.8, 4) is 0 Å². The molecule has 1 unspecified atom stereocenters. The molecule has 1 aromatic carbocycles. The highest BCUT2D eigenvalue weighted by Crippen LogP contribution is 2.28. The number of anilines is 1. The molecular formula is C16H15BrN2O2. The molecule has 3 aromatic rings. The van der Waals surface area contributed by atoms with E-state index in [4.69, 9.17) is 4.42 Å². The van der Waals surface area contributed by atoms with Crippen LogP contribution in [-0.2, 0) is 7.05 Å².